The Morgan fingerprint density at radius 3 is 2.60 bits per heavy atom. The average molecular weight is 472 g/mol. The number of hydrogen-bond acceptors (Lipinski definition) is 4. The maximum absolute atomic E-state index is 12.4. The maximum atomic E-state index is 12.4. The number of hydrogen-bond donors (Lipinski definition) is 3. The fraction of sp³-hybridized carbons (Fsp3) is 0.467. The summed E-state index contributed by atoms with van der Waals surface area (Å²) in [7, 11) is 3.09. The van der Waals surface area contributed by atoms with Gasteiger partial charge in [0.15, 0.2) is 5.96 Å². The third kappa shape index (κ3) is 10.0. The Labute approximate surface area is 162 Å². The van der Waals surface area contributed by atoms with E-state index in [0.717, 1.165) is 0 Å². The lowest BCUT2D eigenvalue weighted by molar-refractivity contribution is -0.120. The minimum absolute atomic E-state index is 0. The minimum atomic E-state index is -2.89. The van der Waals surface area contributed by atoms with E-state index in [0.29, 0.717) is 24.7 Å². The van der Waals surface area contributed by atoms with Crippen molar-refractivity contribution in [3.63, 3.8) is 0 Å². The highest BCUT2D eigenvalue weighted by Gasteiger charge is 2.10. The lowest BCUT2D eigenvalue weighted by Gasteiger charge is -2.14. The highest BCUT2D eigenvalue weighted by atomic mass is 127. The number of alkyl halides is 2. The predicted octanol–water partition coefficient (Wildman–Crippen LogP) is 1.33. The van der Waals surface area contributed by atoms with Gasteiger partial charge in [-0.2, -0.15) is 8.78 Å². The molecular formula is C15H23F2IN4O3. The van der Waals surface area contributed by atoms with E-state index in [1.54, 1.807) is 32.4 Å². The summed E-state index contributed by atoms with van der Waals surface area (Å²) in [6.07, 6.45) is 0. The molecule has 25 heavy (non-hydrogen) atoms. The Hall–Kier alpha value is -1.69. The van der Waals surface area contributed by atoms with Crippen LogP contribution in [-0.4, -0.2) is 52.3 Å². The Morgan fingerprint density at radius 2 is 1.96 bits per heavy atom. The van der Waals surface area contributed by atoms with Gasteiger partial charge in [0, 0.05) is 32.8 Å². The van der Waals surface area contributed by atoms with Crippen molar-refractivity contribution in [2.24, 2.45) is 4.99 Å². The number of benzene rings is 1. The molecule has 3 N–H and O–H groups in total. The van der Waals surface area contributed by atoms with E-state index in [1.807, 2.05) is 0 Å². The summed E-state index contributed by atoms with van der Waals surface area (Å²) in [6, 6.07) is 6.45. The van der Waals surface area contributed by atoms with E-state index in [4.69, 9.17) is 4.74 Å². The summed E-state index contributed by atoms with van der Waals surface area (Å²) in [4.78, 5) is 15.5. The number of nitrogens with one attached hydrogen (secondary N) is 3. The molecule has 0 aliphatic carbocycles. The lowest BCUT2D eigenvalue weighted by Crippen LogP contribution is -2.43. The number of carbonyl (C=O) groups is 1. The summed E-state index contributed by atoms with van der Waals surface area (Å²) < 4.78 is 34.0. The van der Waals surface area contributed by atoms with Crippen LogP contribution in [0.25, 0.3) is 0 Å². The van der Waals surface area contributed by atoms with Crippen LogP contribution in [0.2, 0.25) is 0 Å². The second-order valence-corrected chi connectivity index (χ2v) is 4.61. The lowest BCUT2D eigenvalue weighted by atomic mass is 10.2. The van der Waals surface area contributed by atoms with Crippen LogP contribution >= 0.6 is 24.0 Å². The number of nitrogens with zero attached hydrogens (tertiary/aromatic N) is 1. The van der Waals surface area contributed by atoms with Gasteiger partial charge in [0.05, 0.1) is 13.2 Å². The van der Waals surface area contributed by atoms with E-state index in [1.165, 1.54) is 6.07 Å². The molecule has 0 saturated heterocycles. The largest absolute Gasteiger partial charge is 0.434 e. The van der Waals surface area contributed by atoms with Crippen molar-refractivity contribution in [2.45, 2.75) is 13.2 Å². The number of ether oxygens (including phenoxy) is 2. The van der Waals surface area contributed by atoms with Crippen LogP contribution in [0.1, 0.15) is 5.56 Å². The Morgan fingerprint density at radius 1 is 1.24 bits per heavy atom. The molecule has 1 aromatic rings. The number of rotatable bonds is 9. The van der Waals surface area contributed by atoms with E-state index in [2.05, 4.69) is 25.7 Å². The molecule has 0 fully saturated rings. The van der Waals surface area contributed by atoms with Crippen LogP contribution in [0, 0.1) is 0 Å². The van der Waals surface area contributed by atoms with Gasteiger partial charge >= 0.3 is 6.61 Å². The van der Waals surface area contributed by atoms with Crippen molar-refractivity contribution in [3.8, 4) is 5.75 Å². The average Bonchev–Trinajstić information content (AvgIpc) is 2.56. The first-order valence-corrected chi connectivity index (χ1v) is 7.29. The van der Waals surface area contributed by atoms with E-state index in [9.17, 15) is 13.6 Å². The third-order valence-corrected chi connectivity index (χ3v) is 2.90. The Balaban J connectivity index is 0.00000576. The van der Waals surface area contributed by atoms with Crippen LogP contribution in [0.5, 0.6) is 5.75 Å². The van der Waals surface area contributed by atoms with Gasteiger partial charge in [-0.15, -0.1) is 24.0 Å². The van der Waals surface area contributed by atoms with Crippen molar-refractivity contribution in [1.82, 2.24) is 16.0 Å². The van der Waals surface area contributed by atoms with Crippen molar-refractivity contribution < 1.29 is 23.0 Å². The Bertz CT molecular complexity index is 547. The molecule has 0 atom stereocenters. The van der Waals surface area contributed by atoms with Crippen LogP contribution in [0.3, 0.4) is 0 Å². The molecule has 1 amide bonds. The molecular weight excluding hydrogens is 449 g/mol. The van der Waals surface area contributed by atoms with Crippen molar-refractivity contribution in [1.29, 1.82) is 0 Å². The molecule has 0 aliphatic rings. The molecule has 1 rings (SSSR count). The molecule has 0 aromatic heterocycles. The van der Waals surface area contributed by atoms with Gasteiger partial charge in [-0.05, 0) is 6.07 Å². The molecule has 0 spiro atoms. The highest BCUT2D eigenvalue weighted by Crippen LogP contribution is 2.19. The van der Waals surface area contributed by atoms with Crippen LogP contribution in [0.15, 0.2) is 29.3 Å². The fourth-order valence-corrected chi connectivity index (χ4v) is 1.78. The molecule has 7 nitrogen and oxygen atoms in total. The number of halogens is 3. The molecule has 0 saturated carbocycles. The van der Waals surface area contributed by atoms with Crippen LogP contribution < -0.4 is 20.7 Å². The van der Waals surface area contributed by atoms with Crippen LogP contribution in [-0.2, 0) is 16.1 Å². The second-order valence-electron chi connectivity index (χ2n) is 4.61. The predicted molar refractivity (Wildman–Crippen MR) is 102 cm³/mol. The topological polar surface area (TPSA) is 84.0 Å². The zero-order chi connectivity index (χ0) is 17.8. The van der Waals surface area contributed by atoms with Gasteiger partial charge in [-0.1, -0.05) is 18.2 Å². The molecule has 0 aliphatic heterocycles. The molecule has 0 radical (unpaired) electrons. The quantitative estimate of drug-likeness (QED) is 0.219. The molecule has 0 heterocycles. The van der Waals surface area contributed by atoms with E-state index >= 15 is 0 Å². The minimum Gasteiger partial charge on any atom is -0.434 e. The Kier molecular flexibility index (Phi) is 12.7. The number of amides is 1. The SMILES string of the molecule is CN=C(NCC(=O)NCCOC)NCc1ccccc1OC(F)F.I. The number of aliphatic imine (C=N–C) groups is 1. The first kappa shape index (κ1) is 23.3. The molecule has 0 unspecified atom stereocenters. The maximum Gasteiger partial charge on any atom is 0.387 e. The number of guanidine groups is 1. The summed E-state index contributed by atoms with van der Waals surface area (Å²) >= 11 is 0. The van der Waals surface area contributed by atoms with Crippen molar-refractivity contribution in [2.75, 3.05) is 33.9 Å². The van der Waals surface area contributed by atoms with Gasteiger partial charge in [-0.3, -0.25) is 9.79 Å². The van der Waals surface area contributed by atoms with Crippen LogP contribution in [0.4, 0.5) is 8.78 Å². The number of methoxy groups -OCH3 is 1. The van der Waals surface area contributed by atoms with E-state index in [-0.39, 0.29) is 48.7 Å². The van der Waals surface area contributed by atoms with Gasteiger partial charge in [0.25, 0.3) is 0 Å². The second kappa shape index (κ2) is 13.6. The van der Waals surface area contributed by atoms with Gasteiger partial charge in [0.1, 0.15) is 5.75 Å². The molecule has 1 aromatic carbocycles. The number of carbonyl (C=O) groups excluding carboxylic acids is 1. The first-order valence-electron chi connectivity index (χ1n) is 7.29. The van der Waals surface area contributed by atoms with Crippen molar-refractivity contribution in [3.05, 3.63) is 29.8 Å². The summed E-state index contributed by atoms with van der Waals surface area (Å²) in [5.74, 6) is 0.243. The highest BCUT2D eigenvalue weighted by molar-refractivity contribution is 14.0. The smallest absolute Gasteiger partial charge is 0.387 e. The molecule has 10 heteroatoms. The summed E-state index contributed by atoms with van der Waals surface area (Å²) in [6.45, 7) is -1.80. The summed E-state index contributed by atoms with van der Waals surface area (Å²) in [5, 5.41) is 8.41. The first-order chi connectivity index (χ1) is 11.6. The normalized spacial score (nSPS) is 10.8. The van der Waals surface area contributed by atoms with Crippen molar-refractivity contribution >= 4 is 35.8 Å². The zero-order valence-electron chi connectivity index (χ0n) is 14.1. The number of para-hydroxylation sites is 1. The third-order valence-electron chi connectivity index (χ3n) is 2.90. The molecule has 142 valence electrons. The van der Waals surface area contributed by atoms with Gasteiger partial charge in [-0.25, -0.2) is 0 Å². The summed E-state index contributed by atoms with van der Waals surface area (Å²) in [5.41, 5.74) is 0.547. The van der Waals surface area contributed by atoms with Gasteiger partial charge in [0.2, 0.25) is 5.91 Å². The standard InChI is InChI=1S/C15H22F2N4O3.HI/c1-18-15(21-10-13(22)19-7-8-23-2)20-9-11-5-3-4-6-12(11)24-14(16)17;/h3-6,14H,7-10H2,1-2H3,(H,19,22)(H2,18,20,21);1H. The van der Waals surface area contributed by atoms with Gasteiger partial charge < -0.3 is 25.4 Å². The fourth-order valence-electron chi connectivity index (χ4n) is 1.78. The monoisotopic (exact) mass is 472 g/mol. The van der Waals surface area contributed by atoms with E-state index < -0.39 is 6.61 Å². The molecule has 0 bridgehead atoms. The zero-order valence-corrected chi connectivity index (χ0v) is 16.4.